The molecule has 1 aliphatic heterocycles. The van der Waals surface area contributed by atoms with E-state index in [0.29, 0.717) is 17.4 Å². The summed E-state index contributed by atoms with van der Waals surface area (Å²) in [7, 11) is -3.10. The van der Waals surface area contributed by atoms with Crippen molar-refractivity contribution in [3.8, 4) is 6.19 Å². The van der Waals surface area contributed by atoms with Crippen molar-refractivity contribution < 1.29 is 13.2 Å². The Morgan fingerprint density at radius 2 is 1.81 bits per heavy atom. The lowest BCUT2D eigenvalue weighted by molar-refractivity contribution is 0.102. The highest BCUT2D eigenvalue weighted by atomic mass is 32.2. The first-order valence-electron chi connectivity index (χ1n) is 9.63. The van der Waals surface area contributed by atoms with Crippen LogP contribution in [0.25, 0.3) is 0 Å². The van der Waals surface area contributed by atoms with E-state index < -0.39 is 9.84 Å². The normalized spacial score (nSPS) is 26.5. The van der Waals surface area contributed by atoms with E-state index in [2.05, 4.69) is 6.19 Å². The molecular formula is C20H26N2O3S. The molecule has 0 spiro atoms. The highest BCUT2D eigenvalue weighted by molar-refractivity contribution is 7.92. The van der Waals surface area contributed by atoms with Gasteiger partial charge in [-0.2, -0.15) is 5.26 Å². The Kier molecular flexibility index (Phi) is 4.94. The summed E-state index contributed by atoms with van der Waals surface area (Å²) in [6.45, 7) is 3.13. The second-order valence-corrected chi connectivity index (χ2v) is 10.2. The number of hydrogen-bond acceptors (Lipinski definition) is 5. The van der Waals surface area contributed by atoms with Gasteiger partial charge in [0.1, 0.15) is 0 Å². The van der Waals surface area contributed by atoms with Crippen LogP contribution in [0.2, 0.25) is 0 Å². The van der Waals surface area contributed by atoms with Gasteiger partial charge in [0.05, 0.1) is 23.4 Å². The summed E-state index contributed by atoms with van der Waals surface area (Å²) in [4.78, 5) is 2.30. The summed E-state index contributed by atoms with van der Waals surface area (Å²) in [5.41, 5.74) is 1.03. The lowest BCUT2D eigenvalue weighted by Crippen LogP contribution is -2.30. The molecule has 0 aromatic heterocycles. The van der Waals surface area contributed by atoms with Gasteiger partial charge in [0.2, 0.25) is 0 Å². The number of nitriles is 1. The molecule has 2 aliphatic carbocycles. The molecule has 0 radical (unpaired) electrons. The molecule has 1 saturated heterocycles. The SMILES string of the molecule is N#CN1CCC([C@H]2C[C@H]2COCc2ccc(S(=O)(=O)C3CC3)cc2)CC1. The van der Waals surface area contributed by atoms with E-state index in [1.165, 1.54) is 6.42 Å². The van der Waals surface area contributed by atoms with Crippen molar-refractivity contribution in [2.75, 3.05) is 19.7 Å². The zero-order valence-corrected chi connectivity index (χ0v) is 15.8. The van der Waals surface area contributed by atoms with Gasteiger partial charge < -0.3 is 9.64 Å². The largest absolute Gasteiger partial charge is 0.376 e. The highest BCUT2D eigenvalue weighted by Gasteiger charge is 2.43. The fourth-order valence-electron chi connectivity index (χ4n) is 4.14. The minimum atomic E-state index is -3.10. The Hall–Kier alpha value is -1.58. The lowest BCUT2D eigenvalue weighted by Gasteiger charge is -2.28. The van der Waals surface area contributed by atoms with Gasteiger partial charge in [-0.1, -0.05) is 12.1 Å². The molecule has 0 amide bonds. The van der Waals surface area contributed by atoms with Crippen molar-refractivity contribution in [2.45, 2.75) is 48.9 Å². The maximum absolute atomic E-state index is 12.2. The van der Waals surface area contributed by atoms with Gasteiger partial charge in [-0.15, -0.1) is 0 Å². The molecule has 3 aliphatic rings. The van der Waals surface area contributed by atoms with Gasteiger partial charge in [0.25, 0.3) is 0 Å². The van der Waals surface area contributed by atoms with Crippen LogP contribution in [0, 0.1) is 29.2 Å². The van der Waals surface area contributed by atoms with Crippen LogP contribution in [-0.2, 0) is 21.2 Å². The Morgan fingerprint density at radius 1 is 1.12 bits per heavy atom. The maximum atomic E-state index is 12.2. The summed E-state index contributed by atoms with van der Waals surface area (Å²) in [5.74, 6) is 2.17. The van der Waals surface area contributed by atoms with Crippen LogP contribution in [0.4, 0.5) is 0 Å². The molecule has 26 heavy (non-hydrogen) atoms. The first kappa shape index (κ1) is 17.8. The van der Waals surface area contributed by atoms with E-state index in [1.54, 1.807) is 12.1 Å². The Bertz CT molecular complexity index is 772. The first-order chi connectivity index (χ1) is 12.6. The summed E-state index contributed by atoms with van der Waals surface area (Å²) in [6, 6.07) is 7.18. The summed E-state index contributed by atoms with van der Waals surface area (Å²) in [6.07, 6.45) is 7.34. The Balaban J connectivity index is 1.20. The van der Waals surface area contributed by atoms with E-state index in [-0.39, 0.29) is 5.25 Å². The standard InChI is InChI=1S/C20H26N2O3S/c21-14-22-9-7-16(8-10-22)20-11-17(20)13-25-12-15-1-3-18(4-2-15)26(23,24)19-5-6-19/h1-4,16-17,19-20H,5-13H2/t17-,20+/m0/s1. The van der Waals surface area contributed by atoms with Crippen molar-refractivity contribution in [3.05, 3.63) is 29.8 Å². The van der Waals surface area contributed by atoms with Crippen molar-refractivity contribution in [1.82, 2.24) is 4.90 Å². The smallest absolute Gasteiger partial charge is 0.181 e. The van der Waals surface area contributed by atoms with Crippen LogP contribution in [0.1, 0.15) is 37.7 Å². The lowest BCUT2D eigenvalue weighted by atomic mass is 9.91. The van der Waals surface area contributed by atoms with E-state index >= 15 is 0 Å². The molecule has 1 aromatic carbocycles. The molecule has 2 atom stereocenters. The molecule has 0 unspecified atom stereocenters. The van der Waals surface area contributed by atoms with E-state index in [9.17, 15) is 8.42 Å². The molecule has 140 valence electrons. The second kappa shape index (κ2) is 7.21. The van der Waals surface area contributed by atoms with E-state index in [4.69, 9.17) is 10.00 Å². The number of likely N-dealkylation sites (tertiary alicyclic amines) is 1. The van der Waals surface area contributed by atoms with Crippen LogP contribution >= 0.6 is 0 Å². The number of nitrogens with zero attached hydrogens (tertiary/aromatic N) is 2. The fraction of sp³-hybridized carbons (Fsp3) is 0.650. The van der Waals surface area contributed by atoms with Gasteiger partial charge in [0, 0.05) is 13.1 Å². The quantitative estimate of drug-likeness (QED) is 0.686. The maximum Gasteiger partial charge on any atom is 0.181 e. The molecule has 2 saturated carbocycles. The summed E-state index contributed by atoms with van der Waals surface area (Å²) < 4.78 is 30.3. The Morgan fingerprint density at radius 3 is 2.42 bits per heavy atom. The number of benzene rings is 1. The number of hydrogen-bond donors (Lipinski definition) is 0. The average molecular weight is 375 g/mol. The number of sulfone groups is 1. The van der Waals surface area contributed by atoms with Crippen LogP contribution in [0.5, 0.6) is 0 Å². The molecule has 0 bridgehead atoms. The van der Waals surface area contributed by atoms with Gasteiger partial charge >= 0.3 is 0 Å². The average Bonchev–Trinajstić information content (AvgIpc) is 3.56. The van der Waals surface area contributed by atoms with Gasteiger partial charge in [-0.05, 0) is 67.6 Å². The van der Waals surface area contributed by atoms with Crippen molar-refractivity contribution in [2.24, 2.45) is 17.8 Å². The van der Waals surface area contributed by atoms with E-state index in [0.717, 1.165) is 62.8 Å². The van der Waals surface area contributed by atoms with Gasteiger partial charge in [-0.3, -0.25) is 0 Å². The van der Waals surface area contributed by atoms with Gasteiger partial charge in [-0.25, -0.2) is 8.42 Å². The molecular weight excluding hydrogens is 348 g/mol. The molecule has 6 heteroatoms. The van der Waals surface area contributed by atoms with Gasteiger partial charge in [0.15, 0.2) is 16.0 Å². The third kappa shape index (κ3) is 3.89. The molecule has 5 nitrogen and oxygen atoms in total. The molecule has 1 aromatic rings. The zero-order chi connectivity index (χ0) is 18.1. The number of ether oxygens (including phenoxy) is 1. The van der Waals surface area contributed by atoms with Crippen LogP contribution in [0.3, 0.4) is 0 Å². The third-order valence-corrected chi connectivity index (χ3v) is 8.36. The van der Waals surface area contributed by atoms with Crippen molar-refractivity contribution >= 4 is 9.84 Å². The van der Waals surface area contributed by atoms with Crippen LogP contribution in [0.15, 0.2) is 29.2 Å². The van der Waals surface area contributed by atoms with E-state index in [1.807, 2.05) is 17.0 Å². The molecule has 3 fully saturated rings. The van der Waals surface area contributed by atoms with Crippen molar-refractivity contribution in [3.63, 3.8) is 0 Å². The zero-order valence-electron chi connectivity index (χ0n) is 15.0. The van der Waals surface area contributed by atoms with Crippen LogP contribution in [-0.4, -0.2) is 38.3 Å². The highest BCUT2D eigenvalue weighted by Crippen LogP contribution is 2.48. The molecule has 1 heterocycles. The second-order valence-electron chi connectivity index (χ2n) is 7.99. The van der Waals surface area contributed by atoms with Crippen LogP contribution < -0.4 is 0 Å². The minimum absolute atomic E-state index is 0.156. The predicted molar refractivity (Wildman–Crippen MR) is 97.8 cm³/mol. The topological polar surface area (TPSA) is 70.4 Å². The third-order valence-electron chi connectivity index (χ3n) is 6.08. The van der Waals surface area contributed by atoms with Crippen molar-refractivity contribution in [1.29, 1.82) is 5.26 Å². The summed E-state index contributed by atoms with van der Waals surface area (Å²) >= 11 is 0. The number of piperidine rings is 1. The Labute approximate surface area is 155 Å². The summed E-state index contributed by atoms with van der Waals surface area (Å²) in [5, 5.41) is 8.77. The predicted octanol–water partition coefficient (Wildman–Crippen LogP) is 2.97. The fourth-order valence-corrected chi connectivity index (χ4v) is 5.80. The molecule has 4 rings (SSSR count). The monoisotopic (exact) mass is 374 g/mol. The molecule has 0 N–H and O–H groups in total. The number of rotatable bonds is 7. The first-order valence-corrected chi connectivity index (χ1v) is 11.2. The minimum Gasteiger partial charge on any atom is -0.376 e.